The van der Waals surface area contributed by atoms with Gasteiger partial charge in [0.15, 0.2) is 0 Å². The highest BCUT2D eigenvalue weighted by molar-refractivity contribution is 7.09. The molecule has 0 saturated carbocycles. The van der Waals surface area contributed by atoms with Crippen molar-refractivity contribution in [2.45, 2.75) is 105 Å². The van der Waals surface area contributed by atoms with Gasteiger partial charge in [0.25, 0.3) is 0 Å². The van der Waals surface area contributed by atoms with Crippen LogP contribution in [0, 0.1) is 0 Å². The van der Waals surface area contributed by atoms with Crippen molar-refractivity contribution >= 4 is 11.3 Å². The first-order valence-electron chi connectivity index (χ1n) is 14.0. The normalized spacial score (nSPS) is 14.6. The van der Waals surface area contributed by atoms with E-state index in [1.54, 1.807) is 17.5 Å². The van der Waals surface area contributed by atoms with Gasteiger partial charge in [0.1, 0.15) is 0 Å². The molecule has 0 unspecified atom stereocenters. The minimum Gasteiger partial charge on any atom is -0.379 e. The van der Waals surface area contributed by atoms with Crippen molar-refractivity contribution in [1.29, 1.82) is 0 Å². The first-order valence-corrected chi connectivity index (χ1v) is 14.8. The largest absolute Gasteiger partial charge is 0.379 e. The van der Waals surface area contributed by atoms with Crippen LogP contribution < -0.4 is 0 Å². The van der Waals surface area contributed by atoms with E-state index in [1.807, 2.05) is 36.2 Å². The molecule has 1 saturated heterocycles. The maximum absolute atomic E-state index is 5.25. The fourth-order valence-electron chi connectivity index (χ4n) is 3.49. The minimum atomic E-state index is 0.230. The number of hydrogen-bond acceptors (Lipinski definition) is 6. The van der Waals surface area contributed by atoms with Gasteiger partial charge in [-0.05, 0) is 60.9 Å². The second-order valence-corrected chi connectivity index (χ2v) is 14.7. The molecule has 4 heterocycles. The van der Waals surface area contributed by atoms with Crippen molar-refractivity contribution in [3.63, 3.8) is 0 Å². The van der Waals surface area contributed by atoms with E-state index in [-0.39, 0.29) is 16.2 Å². The first-order chi connectivity index (χ1) is 17.9. The van der Waals surface area contributed by atoms with Crippen molar-refractivity contribution in [2.24, 2.45) is 0 Å². The molecule has 1 aliphatic heterocycles. The van der Waals surface area contributed by atoms with Crippen molar-refractivity contribution in [3.05, 3.63) is 76.8 Å². The first kappa shape index (κ1) is 34.9. The summed E-state index contributed by atoms with van der Waals surface area (Å²) < 4.78 is 5.25. The molecule has 0 atom stereocenters. The van der Waals surface area contributed by atoms with Crippen LogP contribution >= 0.6 is 11.3 Å². The monoisotopic (exact) mass is 554 g/mol. The third-order valence-electron chi connectivity index (χ3n) is 6.11. The maximum atomic E-state index is 5.25. The van der Waals surface area contributed by atoms with E-state index in [0.717, 1.165) is 26.3 Å². The molecule has 4 rings (SSSR count). The zero-order valence-electron chi connectivity index (χ0n) is 26.7. The quantitative estimate of drug-likeness (QED) is 0.280. The molecule has 0 radical (unpaired) electrons. The highest BCUT2D eigenvalue weighted by Crippen LogP contribution is 2.23. The number of hydrogen-bond donors (Lipinski definition) is 0. The Morgan fingerprint density at radius 2 is 1.23 bits per heavy atom. The molecule has 3 aromatic heterocycles. The molecular weight excluding hydrogens is 500 g/mol. The van der Waals surface area contributed by atoms with E-state index < -0.39 is 0 Å². The highest BCUT2D eigenvalue weighted by Gasteiger charge is 2.22. The van der Waals surface area contributed by atoms with Crippen LogP contribution in [0.2, 0.25) is 0 Å². The van der Waals surface area contributed by atoms with Crippen LogP contribution in [0.25, 0.3) is 0 Å². The minimum absolute atomic E-state index is 0.230. The summed E-state index contributed by atoms with van der Waals surface area (Å²) in [6, 6.07) is 8.19. The molecule has 0 bridgehead atoms. The zero-order chi connectivity index (χ0) is 29.7. The van der Waals surface area contributed by atoms with Crippen molar-refractivity contribution < 1.29 is 4.74 Å². The fourth-order valence-corrected chi connectivity index (χ4v) is 4.21. The molecule has 0 aliphatic carbocycles. The number of morpholine rings is 1. The van der Waals surface area contributed by atoms with Gasteiger partial charge in [0, 0.05) is 60.4 Å². The number of ether oxygens (including phenoxy) is 1. The van der Waals surface area contributed by atoms with Crippen molar-refractivity contribution in [2.75, 3.05) is 26.3 Å². The Morgan fingerprint density at radius 1 is 0.667 bits per heavy atom. The van der Waals surface area contributed by atoms with Gasteiger partial charge in [-0.25, -0.2) is 4.98 Å². The summed E-state index contributed by atoms with van der Waals surface area (Å²) in [6.45, 7) is 30.4. The number of thiazole rings is 1. The van der Waals surface area contributed by atoms with Crippen LogP contribution in [0.4, 0.5) is 0 Å². The number of nitrogens with zero attached hydrogens (tertiary/aromatic N) is 4. The Balaban J connectivity index is 0.000000260. The van der Waals surface area contributed by atoms with Gasteiger partial charge in [-0.15, -0.1) is 11.3 Å². The second-order valence-electron chi connectivity index (χ2n) is 13.8. The fraction of sp³-hybridized carbons (Fsp3) is 0.606. The Bertz CT molecular complexity index is 955. The lowest BCUT2D eigenvalue weighted by molar-refractivity contribution is -0.00389. The van der Waals surface area contributed by atoms with Crippen LogP contribution in [-0.2, 0) is 21.0 Å². The number of rotatable bonds is 0. The molecule has 6 heteroatoms. The lowest BCUT2D eigenvalue weighted by Crippen LogP contribution is -2.47. The summed E-state index contributed by atoms with van der Waals surface area (Å²) in [5.74, 6) is 0. The topological polar surface area (TPSA) is 51.1 Å². The molecule has 0 amide bonds. The van der Waals surface area contributed by atoms with Gasteiger partial charge in [0.2, 0.25) is 0 Å². The van der Waals surface area contributed by atoms with Crippen LogP contribution in [0.1, 0.15) is 99.2 Å². The summed E-state index contributed by atoms with van der Waals surface area (Å²) in [7, 11) is 0. The third-order valence-corrected chi connectivity index (χ3v) is 7.31. The second kappa shape index (κ2) is 15.6. The predicted octanol–water partition coefficient (Wildman–Crippen LogP) is 8.32. The molecule has 218 valence electrons. The molecule has 1 aliphatic rings. The van der Waals surface area contributed by atoms with Crippen LogP contribution in [-0.4, -0.2) is 51.7 Å². The van der Waals surface area contributed by atoms with Crippen molar-refractivity contribution in [1.82, 2.24) is 19.9 Å². The van der Waals surface area contributed by atoms with E-state index in [4.69, 9.17) is 4.74 Å². The third kappa shape index (κ3) is 14.7. The molecule has 3 aromatic rings. The van der Waals surface area contributed by atoms with Crippen molar-refractivity contribution in [3.8, 4) is 0 Å². The summed E-state index contributed by atoms with van der Waals surface area (Å²) in [5.41, 5.74) is 3.66. The Hall–Kier alpha value is -2.15. The van der Waals surface area contributed by atoms with Gasteiger partial charge in [-0.1, -0.05) is 68.4 Å². The SMILES string of the molecule is CC(C)(C)N1CCOCC1.CC(C)(C)c1cccnc1.CC(C)(C)c1ccncc1.CC(C)(C)c1nccs1. The molecule has 0 aromatic carbocycles. The maximum Gasteiger partial charge on any atom is 0.0978 e. The lowest BCUT2D eigenvalue weighted by atomic mass is 9.88. The average molecular weight is 555 g/mol. The summed E-state index contributed by atoms with van der Waals surface area (Å²) in [6.07, 6.45) is 9.24. The van der Waals surface area contributed by atoms with Gasteiger partial charge in [-0.3, -0.25) is 14.9 Å². The average Bonchev–Trinajstić information content (AvgIpc) is 3.42. The predicted molar refractivity (Wildman–Crippen MR) is 169 cm³/mol. The van der Waals surface area contributed by atoms with Gasteiger partial charge >= 0.3 is 0 Å². The molecule has 1 fully saturated rings. The number of pyridine rings is 2. The van der Waals surface area contributed by atoms with E-state index in [1.165, 1.54) is 16.1 Å². The summed E-state index contributed by atoms with van der Waals surface area (Å²) in [4.78, 5) is 14.7. The molecule has 0 spiro atoms. The summed E-state index contributed by atoms with van der Waals surface area (Å²) in [5, 5.41) is 3.23. The standard InChI is InChI=1S/2C9H13N.C8H17NO.C7H11NS/c1-9(2,3)8-4-6-10-7-5-8;1-9(2,3)8-5-4-6-10-7-8;1-8(2,3)9-4-6-10-7-5-9;1-7(2,3)6-8-4-5-9-6/h2*4-7H,1-3H3;4-7H2,1-3H3;4-5H,1-3H3. The van der Waals surface area contributed by atoms with Crippen LogP contribution in [0.5, 0.6) is 0 Å². The van der Waals surface area contributed by atoms with Gasteiger partial charge < -0.3 is 4.74 Å². The molecule has 5 nitrogen and oxygen atoms in total. The Kier molecular flexibility index (Phi) is 13.9. The van der Waals surface area contributed by atoms with Crippen LogP contribution in [0.3, 0.4) is 0 Å². The smallest absolute Gasteiger partial charge is 0.0978 e. The highest BCUT2D eigenvalue weighted by atomic mass is 32.1. The molecular formula is C33H54N4OS. The van der Waals surface area contributed by atoms with Gasteiger partial charge in [0.05, 0.1) is 18.2 Å². The van der Waals surface area contributed by atoms with E-state index >= 15 is 0 Å². The number of aromatic nitrogens is 3. The summed E-state index contributed by atoms with van der Waals surface area (Å²) >= 11 is 1.72. The van der Waals surface area contributed by atoms with Gasteiger partial charge in [-0.2, -0.15) is 0 Å². The van der Waals surface area contributed by atoms with E-state index in [2.05, 4.69) is 121 Å². The zero-order valence-corrected chi connectivity index (χ0v) is 27.5. The molecule has 0 N–H and O–H groups in total. The Labute approximate surface area is 243 Å². The van der Waals surface area contributed by atoms with E-state index in [0.29, 0.717) is 5.54 Å². The molecule has 39 heavy (non-hydrogen) atoms. The Morgan fingerprint density at radius 3 is 1.51 bits per heavy atom. The van der Waals surface area contributed by atoms with E-state index in [9.17, 15) is 0 Å². The lowest BCUT2D eigenvalue weighted by Gasteiger charge is -2.38. The van der Waals surface area contributed by atoms with Crippen LogP contribution in [0.15, 0.2) is 60.6 Å².